The second-order valence-corrected chi connectivity index (χ2v) is 9.40. The van der Waals surface area contributed by atoms with Crippen molar-refractivity contribution in [3.05, 3.63) is 66.6 Å². The summed E-state index contributed by atoms with van der Waals surface area (Å²) in [5.74, 6) is 0.424. The van der Waals surface area contributed by atoms with Gasteiger partial charge in [0.15, 0.2) is 0 Å². The molecule has 0 amide bonds. The van der Waals surface area contributed by atoms with Crippen molar-refractivity contribution in [2.45, 2.75) is 11.1 Å². The smallest absolute Gasteiger partial charge is 0.360 e. The lowest BCUT2D eigenvalue weighted by Gasteiger charge is -2.28. The van der Waals surface area contributed by atoms with Gasteiger partial charge in [0, 0.05) is 29.9 Å². The minimum absolute atomic E-state index is 0.144. The number of nitrogens with one attached hydrogen (secondary N) is 2. The standard InChI is InChI=1S/C22H17F3N6O2S/c1-31-12-29-34(32,33)19-7-5-14(10-18(19)31)30-21-15-6-4-13(9-17(15)27-11-28-21)20-16(22(23,24)25)3-2-8-26-20/h2-11,29H,12H2,1H3,(H,27,28,30). The molecule has 174 valence electrons. The topological polar surface area (TPSA) is 100 Å². The zero-order valence-electron chi connectivity index (χ0n) is 17.6. The van der Waals surface area contributed by atoms with Crippen molar-refractivity contribution in [2.24, 2.45) is 0 Å². The number of nitrogens with zero attached hydrogens (tertiary/aromatic N) is 4. The van der Waals surface area contributed by atoms with E-state index < -0.39 is 21.8 Å². The average Bonchev–Trinajstić information content (AvgIpc) is 2.81. The first-order valence-electron chi connectivity index (χ1n) is 10.0. The summed E-state index contributed by atoms with van der Waals surface area (Å²) in [6.07, 6.45) is -1.93. The second-order valence-electron chi connectivity index (χ2n) is 7.66. The first-order valence-corrected chi connectivity index (χ1v) is 11.5. The Bertz CT molecular complexity index is 1530. The highest BCUT2D eigenvalue weighted by atomic mass is 32.2. The largest absolute Gasteiger partial charge is 0.418 e. The zero-order chi connectivity index (χ0) is 24.1. The number of hydrogen-bond donors (Lipinski definition) is 2. The van der Waals surface area contributed by atoms with Gasteiger partial charge < -0.3 is 10.2 Å². The Kier molecular flexibility index (Phi) is 5.14. The van der Waals surface area contributed by atoms with Gasteiger partial charge in [-0.3, -0.25) is 4.98 Å². The minimum atomic E-state index is -4.54. The van der Waals surface area contributed by atoms with Crippen LogP contribution in [0.25, 0.3) is 22.2 Å². The molecule has 0 saturated carbocycles. The second kappa shape index (κ2) is 7.92. The predicted molar refractivity (Wildman–Crippen MR) is 121 cm³/mol. The highest BCUT2D eigenvalue weighted by Crippen LogP contribution is 2.37. The molecule has 5 rings (SSSR count). The van der Waals surface area contributed by atoms with Crippen LogP contribution >= 0.6 is 0 Å². The lowest BCUT2D eigenvalue weighted by molar-refractivity contribution is -0.137. The molecule has 8 nitrogen and oxygen atoms in total. The molecule has 1 aliphatic heterocycles. The van der Waals surface area contributed by atoms with E-state index in [1.165, 1.54) is 36.8 Å². The molecule has 0 saturated heterocycles. The van der Waals surface area contributed by atoms with Crippen LogP contribution < -0.4 is 14.9 Å². The van der Waals surface area contributed by atoms with Crippen molar-refractivity contribution in [1.82, 2.24) is 19.7 Å². The van der Waals surface area contributed by atoms with Crippen molar-refractivity contribution in [1.29, 1.82) is 0 Å². The molecule has 0 fully saturated rings. The maximum absolute atomic E-state index is 13.4. The molecule has 34 heavy (non-hydrogen) atoms. The molecule has 0 aliphatic carbocycles. The molecule has 0 radical (unpaired) electrons. The summed E-state index contributed by atoms with van der Waals surface area (Å²) < 4.78 is 67.2. The van der Waals surface area contributed by atoms with E-state index in [0.717, 1.165) is 6.07 Å². The number of rotatable bonds is 3. The predicted octanol–water partition coefficient (Wildman–Crippen LogP) is 4.14. The third-order valence-electron chi connectivity index (χ3n) is 5.44. The van der Waals surface area contributed by atoms with Gasteiger partial charge in [-0.1, -0.05) is 6.07 Å². The van der Waals surface area contributed by atoms with E-state index in [4.69, 9.17) is 0 Å². The van der Waals surface area contributed by atoms with Gasteiger partial charge in [0.1, 0.15) is 17.0 Å². The van der Waals surface area contributed by atoms with Crippen molar-refractivity contribution in [3.8, 4) is 11.3 Å². The lowest BCUT2D eigenvalue weighted by atomic mass is 10.0. The SMILES string of the molecule is CN1CNS(=O)(=O)c2ccc(Nc3ncnc4cc(-c5ncccc5C(F)(F)F)ccc34)cc21. The number of hydrogen-bond acceptors (Lipinski definition) is 7. The number of pyridine rings is 1. The van der Waals surface area contributed by atoms with Crippen LogP contribution in [0, 0.1) is 0 Å². The van der Waals surface area contributed by atoms with Gasteiger partial charge in [0.2, 0.25) is 10.0 Å². The molecular formula is C22H17F3N6O2S. The first-order chi connectivity index (χ1) is 16.1. The van der Waals surface area contributed by atoms with Gasteiger partial charge in [-0.15, -0.1) is 0 Å². The molecule has 4 aromatic rings. The van der Waals surface area contributed by atoms with Crippen LogP contribution in [0.15, 0.2) is 66.0 Å². The summed E-state index contributed by atoms with van der Waals surface area (Å²) in [7, 11) is -1.81. The quantitative estimate of drug-likeness (QED) is 0.449. The van der Waals surface area contributed by atoms with Gasteiger partial charge in [0.25, 0.3) is 0 Å². The number of benzene rings is 2. The van der Waals surface area contributed by atoms with Crippen LogP contribution in [0.5, 0.6) is 0 Å². The lowest BCUT2D eigenvalue weighted by Crippen LogP contribution is -2.40. The number of sulfonamides is 1. The van der Waals surface area contributed by atoms with Gasteiger partial charge in [-0.2, -0.15) is 17.9 Å². The zero-order valence-corrected chi connectivity index (χ0v) is 18.4. The van der Waals surface area contributed by atoms with E-state index in [-0.39, 0.29) is 22.8 Å². The summed E-state index contributed by atoms with van der Waals surface area (Å²) in [4.78, 5) is 14.3. The summed E-state index contributed by atoms with van der Waals surface area (Å²) in [6, 6.07) is 11.7. The fraction of sp³-hybridized carbons (Fsp3) is 0.136. The molecule has 0 spiro atoms. The van der Waals surface area contributed by atoms with Crippen molar-refractivity contribution >= 4 is 38.1 Å². The Morgan fingerprint density at radius 2 is 1.88 bits per heavy atom. The summed E-state index contributed by atoms with van der Waals surface area (Å²) >= 11 is 0. The Hall–Kier alpha value is -3.77. The molecular weight excluding hydrogens is 469 g/mol. The van der Waals surface area contributed by atoms with Crippen molar-refractivity contribution in [2.75, 3.05) is 23.9 Å². The molecule has 1 aliphatic rings. The summed E-state index contributed by atoms with van der Waals surface area (Å²) in [6.45, 7) is 0.144. The number of halogens is 3. The number of anilines is 3. The maximum atomic E-state index is 13.4. The molecule has 0 unspecified atom stereocenters. The Balaban J connectivity index is 1.53. The molecule has 0 bridgehead atoms. The van der Waals surface area contributed by atoms with Crippen LogP contribution in [-0.4, -0.2) is 37.1 Å². The van der Waals surface area contributed by atoms with Gasteiger partial charge in [0.05, 0.1) is 29.1 Å². The normalized spacial score (nSPS) is 15.2. The Morgan fingerprint density at radius 1 is 1.06 bits per heavy atom. The van der Waals surface area contributed by atoms with E-state index in [1.807, 2.05) is 0 Å². The maximum Gasteiger partial charge on any atom is 0.418 e. The molecule has 2 N–H and O–H groups in total. The Labute approximate surface area is 192 Å². The third-order valence-corrected chi connectivity index (χ3v) is 6.87. The first kappa shape index (κ1) is 22.0. The third kappa shape index (κ3) is 3.90. The number of aromatic nitrogens is 3. The van der Waals surface area contributed by atoms with Gasteiger partial charge in [-0.05, 0) is 42.5 Å². The summed E-state index contributed by atoms with van der Waals surface area (Å²) in [5, 5.41) is 3.73. The molecule has 3 heterocycles. The van der Waals surface area contributed by atoms with Crippen LogP contribution in [0.3, 0.4) is 0 Å². The highest BCUT2D eigenvalue weighted by molar-refractivity contribution is 7.89. The van der Waals surface area contributed by atoms with E-state index in [1.54, 1.807) is 30.1 Å². The Morgan fingerprint density at radius 3 is 2.68 bits per heavy atom. The average molecular weight is 486 g/mol. The molecule has 12 heteroatoms. The number of fused-ring (bicyclic) bond motifs is 2. The fourth-order valence-electron chi connectivity index (χ4n) is 3.77. The van der Waals surface area contributed by atoms with Crippen molar-refractivity contribution in [3.63, 3.8) is 0 Å². The van der Waals surface area contributed by atoms with E-state index in [9.17, 15) is 21.6 Å². The minimum Gasteiger partial charge on any atom is -0.360 e. The summed E-state index contributed by atoms with van der Waals surface area (Å²) in [5.41, 5.74) is 0.811. The number of alkyl halides is 3. The van der Waals surface area contributed by atoms with Gasteiger partial charge in [-0.25, -0.2) is 18.4 Å². The van der Waals surface area contributed by atoms with Gasteiger partial charge >= 0.3 is 6.18 Å². The fourth-order valence-corrected chi connectivity index (χ4v) is 5.03. The monoisotopic (exact) mass is 486 g/mol. The van der Waals surface area contributed by atoms with E-state index in [0.29, 0.717) is 28.1 Å². The van der Waals surface area contributed by atoms with Crippen LogP contribution in [-0.2, 0) is 16.2 Å². The van der Waals surface area contributed by atoms with Crippen LogP contribution in [0.1, 0.15) is 5.56 Å². The van der Waals surface area contributed by atoms with Crippen LogP contribution in [0.2, 0.25) is 0 Å². The van der Waals surface area contributed by atoms with Crippen molar-refractivity contribution < 1.29 is 21.6 Å². The van der Waals surface area contributed by atoms with E-state index >= 15 is 0 Å². The van der Waals surface area contributed by atoms with E-state index in [2.05, 4.69) is 25.0 Å². The van der Waals surface area contributed by atoms with Crippen LogP contribution in [0.4, 0.5) is 30.4 Å². The molecule has 2 aromatic heterocycles. The molecule has 2 aromatic carbocycles. The molecule has 0 atom stereocenters. The highest BCUT2D eigenvalue weighted by Gasteiger charge is 2.34.